The monoisotopic (exact) mass is 310 g/mol. The normalized spacial score (nSPS) is 11.2. The van der Waals surface area contributed by atoms with Crippen LogP contribution in [0.4, 0.5) is 17.5 Å². The van der Waals surface area contributed by atoms with Crippen LogP contribution >= 0.6 is 23.2 Å². The molecule has 2 N–H and O–H groups in total. The molecular formula is C14H16Cl2N4. The number of benzene rings is 1. The molecule has 0 radical (unpaired) electrons. The second kappa shape index (κ2) is 5.85. The van der Waals surface area contributed by atoms with Gasteiger partial charge in [-0.3, -0.25) is 0 Å². The smallest absolute Gasteiger partial charge is 0.229 e. The van der Waals surface area contributed by atoms with Gasteiger partial charge in [0, 0.05) is 16.8 Å². The molecular weight excluding hydrogens is 295 g/mol. The van der Waals surface area contributed by atoms with Crippen molar-refractivity contribution in [2.75, 3.05) is 10.6 Å². The molecule has 2 rings (SSSR count). The largest absolute Gasteiger partial charge is 0.365 e. The van der Waals surface area contributed by atoms with E-state index in [0.29, 0.717) is 21.7 Å². The van der Waals surface area contributed by atoms with Crippen LogP contribution in [0.15, 0.2) is 30.5 Å². The van der Waals surface area contributed by atoms with Gasteiger partial charge in [0.1, 0.15) is 5.82 Å². The summed E-state index contributed by atoms with van der Waals surface area (Å²) in [5.41, 5.74) is 0.603. The minimum absolute atomic E-state index is 0.0701. The molecule has 106 valence electrons. The third kappa shape index (κ3) is 4.25. The Morgan fingerprint density at radius 1 is 1.10 bits per heavy atom. The summed E-state index contributed by atoms with van der Waals surface area (Å²) >= 11 is 12.0. The Kier molecular flexibility index (Phi) is 4.35. The van der Waals surface area contributed by atoms with Gasteiger partial charge in [-0.2, -0.15) is 4.98 Å². The zero-order valence-electron chi connectivity index (χ0n) is 11.5. The molecule has 1 aromatic heterocycles. The van der Waals surface area contributed by atoms with Crippen LogP contribution in [-0.4, -0.2) is 15.5 Å². The van der Waals surface area contributed by atoms with Crippen molar-refractivity contribution in [1.29, 1.82) is 0 Å². The minimum Gasteiger partial charge on any atom is -0.365 e. The maximum atomic E-state index is 6.10. The summed E-state index contributed by atoms with van der Waals surface area (Å²) in [6.07, 6.45) is 1.68. The zero-order valence-corrected chi connectivity index (χ0v) is 13.0. The Labute approximate surface area is 128 Å². The number of nitrogens with one attached hydrogen (secondary N) is 2. The van der Waals surface area contributed by atoms with Crippen LogP contribution in [-0.2, 0) is 0 Å². The van der Waals surface area contributed by atoms with Crippen molar-refractivity contribution in [2.24, 2.45) is 0 Å². The molecule has 0 aliphatic rings. The molecule has 0 atom stereocenters. The van der Waals surface area contributed by atoms with E-state index in [2.05, 4.69) is 41.4 Å². The lowest BCUT2D eigenvalue weighted by molar-refractivity contribution is 0.630. The highest BCUT2D eigenvalue weighted by atomic mass is 35.5. The highest BCUT2D eigenvalue weighted by Gasteiger charge is 2.11. The topological polar surface area (TPSA) is 49.8 Å². The SMILES string of the molecule is CC(C)(C)Nc1ccnc(Nc2cc(Cl)ccc2Cl)n1. The molecule has 1 heterocycles. The summed E-state index contributed by atoms with van der Waals surface area (Å²) in [5.74, 6) is 1.21. The minimum atomic E-state index is -0.0701. The molecule has 1 aromatic carbocycles. The molecule has 0 saturated heterocycles. The first kappa shape index (κ1) is 14.9. The lowest BCUT2D eigenvalue weighted by atomic mass is 10.1. The third-order valence-corrected chi connectivity index (χ3v) is 2.90. The summed E-state index contributed by atoms with van der Waals surface area (Å²) < 4.78 is 0. The number of aromatic nitrogens is 2. The number of hydrogen-bond donors (Lipinski definition) is 2. The summed E-state index contributed by atoms with van der Waals surface area (Å²) in [6.45, 7) is 6.20. The molecule has 6 heteroatoms. The van der Waals surface area contributed by atoms with Crippen molar-refractivity contribution < 1.29 is 0 Å². The van der Waals surface area contributed by atoms with Crippen LogP contribution in [0.5, 0.6) is 0 Å². The third-order valence-electron chi connectivity index (χ3n) is 2.33. The van der Waals surface area contributed by atoms with Crippen molar-refractivity contribution in [3.63, 3.8) is 0 Å². The van der Waals surface area contributed by atoms with Gasteiger partial charge in [-0.05, 0) is 45.0 Å². The van der Waals surface area contributed by atoms with Gasteiger partial charge >= 0.3 is 0 Å². The number of halogens is 2. The molecule has 4 nitrogen and oxygen atoms in total. The second-order valence-corrected chi connectivity index (χ2v) is 6.23. The molecule has 20 heavy (non-hydrogen) atoms. The van der Waals surface area contributed by atoms with E-state index in [0.717, 1.165) is 5.82 Å². The molecule has 0 spiro atoms. The van der Waals surface area contributed by atoms with Crippen LogP contribution < -0.4 is 10.6 Å². The molecule has 0 amide bonds. The number of rotatable bonds is 3. The zero-order chi connectivity index (χ0) is 14.8. The fourth-order valence-corrected chi connectivity index (χ4v) is 1.92. The van der Waals surface area contributed by atoms with Crippen molar-refractivity contribution in [1.82, 2.24) is 9.97 Å². The summed E-state index contributed by atoms with van der Waals surface area (Å²) in [6, 6.07) is 7.00. The van der Waals surface area contributed by atoms with Crippen molar-refractivity contribution in [2.45, 2.75) is 26.3 Å². The Balaban J connectivity index is 2.21. The van der Waals surface area contributed by atoms with Gasteiger partial charge in [0.25, 0.3) is 0 Å². The van der Waals surface area contributed by atoms with Crippen molar-refractivity contribution >= 4 is 40.7 Å². The highest BCUT2D eigenvalue weighted by Crippen LogP contribution is 2.27. The van der Waals surface area contributed by atoms with Crippen LogP contribution in [0.25, 0.3) is 0 Å². The van der Waals surface area contributed by atoms with E-state index < -0.39 is 0 Å². The first-order valence-corrected chi connectivity index (χ1v) is 6.92. The lowest BCUT2D eigenvalue weighted by Gasteiger charge is -2.21. The van der Waals surface area contributed by atoms with Gasteiger partial charge in [0.15, 0.2) is 0 Å². The van der Waals surface area contributed by atoms with Gasteiger partial charge in [0.2, 0.25) is 5.95 Å². The molecule has 2 aromatic rings. The number of nitrogens with zero attached hydrogens (tertiary/aromatic N) is 2. The molecule has 0 saturated carbocycles. The maximum Gasteiger partial charge on any atom is 0.229 e. The Bertz CT molecular complexity index is 608. The summed E-state index contributed by atoms with van der Waals surface area (Å²) in [4.78, 5) is 8.56. The molecule has 0 unspecified atom stereocenters. The van der Waals surface area contributed by atoms with E-state index >= 15 is 0 Å². The van der Waals surface area contributed by atoms with Gasteiger partial charge in [-0.15, -0.1) is 0 Å². The molecule has 0 aliphatic carbocycles. The van der Waals surface area contributed by atoms with Crippen LogP contribution in [0.2, 0.25) is 10.0 Å². The standard InChI is InChI=1S/C14H16Cl2N4/c1-14(2,3)20-12-6-7-17-13(19-12)18-11-8-9(15)4-5-10(11)16/h4-8H,1-3H3,(H2,17,18,19,20). The van der Waals surface area contributed by atoms with E-state index in [-0.39, 0.29) is 5.54 Å². The average Bonchev–Trinajstić information content (AvgIpc) is 2.32. The Morgan fingerprint density at radius 2 is 1.85 bits per heavy atom. The first-order valence-electron chi connectivity index (χ1n) is 6.17. The predicted molar refractivity (Wildman–Crippen MR) is 85.2 cm³/mol. The number of hydrogen-bond acceptors (Lipinski definition) is 4. The lowest BCUT2D eigenvalue weighted by Crippen LogP contribution is -2.26. The fraction of sp³-hybridized carbons (Fsp3) is 0.286. The van der Waals surface area contributed by atoms with Crippen molar-refractivity contribution in [3.8, 4) is 0 Å². The van der Waals surface area contributed by atoms with Crippen LogP contribution in [0, 0.1) is 0 Å². The van der Waals surface area contributed by atoms with E-state index in [4.69, 9.17) is 23.2 Å². The Hall–Kier alpha value is -1.52. The highest BCUT2D eigenvalue weighted by molar-refractivity contribution is 6.35. The second-order valence-electron chi connectivity index (χ2n) is 5.39. The van der Waals surface area contributed by atoms with E-state index in [1.54, 1.807) is 24.4 Å². The van der Waals surface area contributed by atoms with E-state index in [1.807, 2.05) is 6.07 Å². The molecule has 0 bridgehead atoms. The van der Waals surface area contributed by atoms with Gasteiger partial charge in [-0.25, -0.2) is 4.98 Å². The van der Waals surface area contributed by atoms with E-state index in [9.17, 15) is 0 Å². The predicted octanol–water partition coefficient (Wildman–Crippen LogP) is 4.74. The Morgan fingerprint density at radius 3 is 2.55 bits per heavy atom. The molecule has 0 fully saturated rings. The quantitative estimate of drug-likeness (QED) is 0.860. The van der Waals surface area contributed by atoms with Gasteiger partial charge in [0.05, 0.1) is 10.7 Å². The molecule has 0 aliphatic heterocycles. The number of anilines is 3. The van der Waals surface area contributed by atoms with Gasteiger partial charge < -0.3 is 10.6 Å². The van der Waals surface area contributed by atoms with E-state index in [1.165, 1.54) is 0 Å². The van der Waals surface area contributed by atoms with Crippen LogP contribution in [0.1, 0.15) is 20.8 Å². The summed E-state index contributed by atoms with van der Waals surface area (Å²) in [7, 11) is 0. The van der Waals surface area contributed by atoms with Crippen molar-refractivity contribution in [3.05, 3.63) is 40.5 Å². The fourth-order valence-electron chi connectivity index (χ4n) is 1.59. The summed E-state index contributed by atoms with van der Waals surface area (Å²) in [5, 5.41) is 7.50. The van der Waals surface area contributed by atoms with Crippen LogP contribution in [0.3, 0.4) is 0 Å². The average molecular weight is 311 g/mol. The van der Waals surface area contributed by atoms with Gasteiger partial charge in [-0.1, -0.05) is 23.2 Å². The maximum absolute atomic E-state index is 6.10. The first-order chi connectivity index (χ1) is 9.33.